The van der Waals surface area contributed by atoms with Gasteiger partial charge in [0.1, 0.15) is 5.82 Å². The molecule has 6 nitrogen and oxygen atoms in total. The van der Waals surface area contributed by atoms with Crippen molar-refractivity contribution in [3.8, 4) is 11.4 Å². The normalized spacial score (nSPS) is 22.5. The van der Waals surface area contributed by atoms with E-state index in [9.17, 15) is 0 Å². The number of hydrogen-bond acceptors (Lipinski definition) is 5. The monoisotopic (exact) mass is 348 g/mol. The zero-order chi connectivity index (χ0) is 17.7. The SMILES string of the molecule is CC(C)n1ncc2c(N3CC4CCC(C3)O4)nc(-c3cc[c]cc3)nc21. The van der Waals surface area contributed by atoms with E-state index < -0.39 is 0 Å². The van der Waals surface area contributed by atoms with E-state index in [1.807, 2.05) is 35.1 Å². The van der Waals surface area contributed by atoms with Crippen LogP contribution in [0.1, 0.15) is 32.7 Å². The Morgan fingerprint density at radius 1 is 1.12 bits per heavy atom. The van der Waals surface area contributed by atoms with E-state index >= 15 is 0 Å². The molecule has 2 aliphatic heterocycles. The van der Waals surface area contributed by atoms with Crippen molar-refractivity contribution in [3.05, 3.63) is 36.5 Å². The third-order valence-corrected chi connectivity index (χ3v) is 5.24. The van der Waals surface area contributed by atoms with Crippen LogP contribution in [-0.4, -0.2) is 45.0 Å². The van der Waals surface area contributed by atoms with Crippen molar-refractivity contribution in [2.75, 3.05) is 18.0 Å². The maximum Gasteiger partial charge on any atom is 0.164 e. The highest BCUT2D eigenvalue weighted by molar-refractivity contribution is 5.89. The van der Waals surface area contributed by atoms with Gasteiger partial charge in [-0.1, -0.05) is 24.3 Å². The Labute approximate surface area is 152 Å². The van der Waals surface area contributed by atoms with Crippen LogP contribution < -0.4 is 4.90 Å². The van der Waals surface area contributed by atoms with Crippen molar-refractivity contribution in [1.82, 2.24) is 19.7 Å². The van der Waals surface area contributed by atoms with Gasteiger partial charge in [0.15, 0.2) is 11.5 Å². The second kappa shape index (κ2) is 6.06. The first kappa shape index (κ1) is 15.8. The van der Waals surface area contributed by atoms with Gasteiger partial charge in [0.2, 0.25) is 0 Å². The summed E-state index contributed by atoms with van der Waals surface area (Å²) < 4.78 is 7.99. The first-order valence-corrected chi connectivity index (χ1v) is 9.31. The summed E-state index contributed by atoms with van der Waals surface area (Å²) in [6, 6.07) is 11.1. The van der Waals surface area contributed by atoms with Crippen LogP contribution in [0.4, 0.5) is 5.82 Å². The number of hydrogen-bond donors (Lipinski definition) is 0. The fourth-order valence-electron chi connectivity index (χ4n) is 3.98. The Balaban J connectivity index is 1.68. The second-order valence-corrected chi connectivity index (χ2v) is 7.44. The van der Waals surface area contributed by atoms with Gasteiger partial charge in [-0.15, -0.1) is 0 Å². The van der Waals surface area contributed by atoms with E-state index in [0.29, 0.717) is 12.2 Å². The van der Waals surface area contributed by atoms with Gasteiger partial charge in [-0.2, -0.15) is 5.10 Å². The van der Waals surface area contributed by atoms with Gasteiger partial charge in [0.05, 0.1) is 23.8 Å². The molecule has 2 bridgehead atoms. The molecule has 2 fully saturated rings. The lowest BCUT2D eigenvalue weighted by Gasteiger charge is -2.33. The van der Waals surface area contributed by atoms with Crippen LogP contribution in [0, 0.1) is 6.07 Å². The van der Waals surface area contributed by atoms with Crippen molar-refractivity contribution < 1.29 is 4.74 Å². The van der Waals surface area contributed by atoms with E-state index in [-0.39, 0.29) is 6.04 Å². The van der Waals surface area contributed by atoms with Gasteiger partial charge in [-0.25, -0.2) is 14.6 Å². The van der Waals surface area contributed by atoms with Crippen LogP contribution in [0.15, 0.2) is 30.5 Å². The molecule has 1 aromatic carbocycles. The fraction of sp³-hybridized carbons (Fsp3) is 0.450. The first-order chi connectivity index (χ1) is 12.7. The Bertz CT molecular complexity index is 924. The summed E-state index contributed by atoms with van der Waals surface area (Å²) in [6.45, 7) is 6.02. The zero-order valence-corrected chi connectivity index (χ0v) is 15.1. The van der Waals surface area contributed by atoms with Crippen LogP contribution in [-0.2, 0) is 4.74 Å². The Hall–Kier alpha value is -2.47. The van der Waals surface area contributed by atoms with E-state index in [2.05, 4.69) is 29.9 Å². The lowest BCUT2D eigenvalue weighted by molar-refractivity contribution is 0.0303. The van der Waals surface area contributed by atoms with Crippen LogP contribution in [0.2, 0.25) is 0 Å². The molecule has 3 aromatic rings. The smallest absolute Gasteiger partial charge is 0.164 e. The summed E-state index contributed by atoms with van der Waals surface area (Å²) in [6.07, 6.45) is 4.82. The van der Waals surface area contributed by atoms with Gasteiger partial charge < -0.3 is 9.64 Å². The molecule has 6 heteroatoms. The molecular weight excluding hydrogens is 326 g/mol. The lowest BCUT2D eigenvalue weighted by atomic mass is 10.2. The Morgan fingerprint density at radius 2 is 1.85 bits per heavy atom. The number of aromatic nitrogens is 4. The molecule has 2 aliphatic rings. The third kappa shape index (κ3) is 2.56. The van der Waals surface area contributed by atoms with E-state index in [1.165, 1.54) is 0 Å². The van der Waals surface area contributed by atoms with Crippen LogP contribution >= 0.6 is 0 Å². The van der Waals surface area contributed by atoms with Crippen molar-refractivity contribution in [2.24, 2.45) is 0 Å². The van der Waals surface area contributed by atoms with Gasteiger partial charge >= 0.3 is 0 Å². The number of nitrogens with zero attached hydrogens (tertiary/aromatic N) is 5. The predicted octanol–water partition coefficient (Wildman–Crippen LogP) is 3.24. The molecule has 26 heavy (non-hydrogen) atoms. The van der Waals surface area contributed by atoms with E-state index in [1.54, 1.807) is 0 Å². The molecule has 0 amide bonds. The molecule has 2 atom stereocenters. The van der Waals surface area contributed by atoms with Crippen molar-refractivity contribution >= 4 is 16.9 Å². The van der Waals surface area contributed by atoms with Crippen molar-refractivity contribution in [3.63, 3.8) is 0 Å². The average molecular weight is 348 g/mol. The maximum atomic E-state index is 6.01. The van der Waals surface area contributed by atoms with Crippen LogP contribution in [0.5, 0.6) is 0 Å². The minimum absolute atomic E-state index is 0.244. The second-order valence-electron chi connectivity index (χ2n) is 7.44. The predicted molar refractivity (Wildman–Crippen MR) is 100 cm³/mol. The molecule has 5 rings (SSSR count). The highest BCUT2D eigenvalue weighted by Crippen LogP contribution is 2.34. The Morgan fingerprint density at radius 3 is 2.54 bits per heavy atom. The quantitative estimate of drug-likeness (QED) is 0.727. The van der Waals surface area contributed by atoms with E-state index in [0.717, 1.165) is 54.2 Å². The molecule has 0 N–H and O–H groups in total. The molecule has 4 heterocycles. The summed E-state index contributed by atoms with van der Waals surface area (Å²) in [4.78, 5) is 12.2. The van der Waals surface area contributed by atoms with Crippen LogP contribution in [0.25, 0.3) is 22.4 Å². The molecule has 2 aromatic heterocycles. The van der Waals surface area contributed by atoms with Gasteiger partial charge in [0, 0.05) is 24.7 Å². The number of ether oxygens (including phenoxy) is 1. The molecule has 0 aliphatic carbocycles. The minimum Gasteiger partial charge on any atom is -0.371 e. The molecule has 2 saturated heterocycles. The number of rotatable bonds is 3. The summed E-state index contributed by atoms with van der Waals surface area (Å²) in [5, 5.41) is 5.61. The summed E-state index contributed by atoms with van der Waals surface area (Å²) in [7, 11) is 0. The molecule has 1 radical (unpaired) electrons. The van der Waals surface area contributed by atoms with E-state index in [4.69, 9.17) is 14.7 Å². The lowest BCUT2D eigenvalue weighted by Crippen LogP contribution is -2.43. The first-order valence-electron chi connectivity index (χ1n) is 9.31. The Kier molecular flexibility index (Phi) is 3.67. The van der Waals surface area contributed by atoms with Gasteiger partial charge in [-0.05, 0) is 32.8 Å². The molecule has 0 saturated carbocycles. The topological polar surface area (TPSA) is 56.1 Å². The fourth-order valence-corrected chi connectivity index (χ4v) is 3.98. The third-order valence-electron chi connectivity index (χ3n) is 5.24. The number of benzene rings is 1. The standard InChI is InChI=1S/C20H22N5O/c1-13(2)25-20-17(10-21-25)19(24-11-15-8-9-16(12-24)26-15)22-18(23-20)14-6-4-3-5-7-14/h4-7,10,13,15-16H,8-9,11-12H2,1-2H3. The van der Waals surface area contributed by atoms with Crippen LogP contribution in [0.3, 0.4) is 0 Å². The van der Waals surface area contributed by atoms with Gasteiger partial charge in [-0.3, -0.25) is 0 Å². The van der Waals surface area contributed by atoms with Crippen molar-refractivity contribution in [1.29, 1.82) is 0 Å². The summed E-state index contributed by atoms with van der Waals surface area (Å²) >= 11 is 0. The zero-order valence-electron chi connectivity index (χ0n) is 15.1. The summed E-state index contributed by atoms with van der Waals surface area (Å²) in [5.74, 6) is 1.72. The number of fused-ring (bicyclic) bond motifs is 3. The largest absolute Gasteiger partial charge is 0.371 e. The minimum atomic E-state index is 0.244. The highest BCUT2D eigenvalue weighted by Gasteiger charge is 2.35. The molecular formula is C20H22N5O. The average Bonchev–Trinajstić information content (AvgIpc) is 3.24. The summed E-state index contributed by atoms with van der Waals surface area (Å²) in [5.41, 5.74) is 1.89. The number of morpholine rings is 1. The molecule has 0 spiro atoms. The van der Waals surface area contributed by atoms with Crippen molar-refractivity contribution in [2.45, 2.75) is 44.9 Å². The van der Waals surface area contributed by atoms with Gasteiger partial charge in [0.25, 0.3) is 0 Å². The highest BCUT2D eigenvalue weighted by atomic mass is 16.5. The molecule has 133 valence electrons. The maximum absolute atomic E-state index is 6.01. The number of anilines is 1. The molecule has 2 unspecified atom stereocenters.